The van der Waals surface area contributed by atoms with Crippen molar-refractivity contribution in [1.82, 2.24) is 24.7 Å². The maximum absolute atomic E-state index is 13.5. The third-order valence-corrected chi connectivity index (χ3v) is 4.12. The largest absolute Gasteiger partial charge is 0.450 e. The molecule has 0 saturated heterocycles. The van der Waals surface area contributed by atoms with E-state index in [4.69, 9.17) is 11.6 Å². The van der Waals surface area contributed by atoms with Crippen LogP contribution in [0.4, 0.5) is 26.3 Å². The predicted octanol–water partition coefficient (Wildman–Crippen LogP) is 4.99. The summed E-state index contributed by atoms with van der Waals surface area (Å²) in [5.41, 5.74) is -1.77. The Balaban J connectivity index is 2.05. The Kier molecular flexibility index (Phi) is 3.64. The highest BCUT2D eigenvalue weighted by molar-refractivity contribution is 6.35. The zero-order valence-corrected chi connectivity index (χ0v) is 13.6. The molecule has 12 heteroatoms. The van der Waals surface area contributed by atoms with Gasteiger partial charge in [-0.3, -0.25) is 9.67 Å². The van der Waals surface area contributed by atoms with E-state index in [0.29, 0.717) is 27.7 Å². The van der Waals surface area contributed by atoms with Crippen LogP contribution in [0, 0.1) is 0 Å². The number of pyridine rings is 1. The second kappa shape index (κ2) is 5.59. The molecule has 0 atom stereocenters. The Hall–Kier alpha value is -2.82. The second-order valence-corrected chi connectivity index (χ2v) is 6.00. The molecule has 0 saturated carbocycles. The van der Waals surface area contributed by atoms with E-state index < -0.39 is 29.3 Å². The number of imidazole rings is 1. The van der Waals surface area contributed by atoms with Crippen LogP contribution in [-0.2, 0) is 12.4 Å². The SMILES string of the molecule is FC(F)(F)c1cnc2c(c1)nc(C(F)(F)F)n2-c1cc(Cl)c2[nH]ncc2c1. The van der Waals surface area contributed by atoms with E-state index in [9.17, 15) is 26.3 Å². The van der Waals surface area contributed by atoms with Gasteiger partial charge in [-0.2, -0.15) is 31.4 Å². The van der Waals surface area contributed by atoms with Crippen LogP contribution in [0.25, 0.3) is 27.8 Å². The Labute approximate surface area is 150 Å². The zero-order valence-electron chi connectivity index (χ0n) is 12.8. The number of H-pyrrole nitrogens is 1. The van der Waals surface area contributed by atoms with Crippen molar-refractivity contribution < 1.29 is 26.3 Å². The smallest absolute Gasteiger partial charge is 0.276 e. The molecule has 3 heterocycles. The van der Waals surface area contributed by atoms with E-state index in [1.54, 1.807) is 0 Å². The fourth-order valence-electron chi connectivity index (χ4n) is 2.68. The molecular formula is C15H6ClF6N5. The van der Waals surface area contributed by atoms with Crippen molar-refractivity contribution in [3.8, 4) is 5.69 Å². The summed E-state index contributed by atoms with van der Waals surface area (Å²) in [4.78, 5) is 6.91. The molecule has 4 aromatic rings. The van der Waals surface area contributed by atoms with Crippen molar-refractivity contribution in [3.63, 3.8) is 0 Å². The van der Waals surface area contributed by atoms with Crippen LogP contribution in [0.3, 0.4) is 0 Å². The summed E-state index contributed by atoms with van der Waals surface area (Å²) in [5.74, 6) is -1.41. The number of nitrogens with zero attached hydrogens (tertiary/aromatic N) is 4. The van der Waals surface area contributed by atoms with E-state index in [0.717, 1.165) is 0 Å². The predicted molar refractivity (Wildman–Crippen MR) is 83.5 cm³/mol. The first kappa shape index (κ1) is 17.6. The van der Waals surface area contributed by atoms with Gasteiger partial charge in [0.1, 0.15) is 5.52 Å². The third kappa shape index (κ3) is 2.87. The van der Waals surface area contributed by atoms with Gasteiger partial charge in [0, 0.05) is 11.6 Å². The lowest BCUT2D eigenvalue weighted by molar-refractivity contribution is -0.145. The van der Waals surface area contributed by atoms with Crippen molar-refractivity contribution in [2.45, 2.75) is 12.4 Å². The molecule has 0 aliphatic carbocycles. The van der Waals surface area contributed by atoms with Crippen molar-refractivity contribution in [1.29, 1.82) is 0 Å². The van der Waals surface area contributed by atoms with Crippen LogP contribution < -0.4 is 0 Å². The lowest BCUT2D eigenvalue weighted by atomic mass is 10.2. The highest BCUT2D eigenvalue weighted by atomic mass is 35.5. The number of benzene rings is 1. The van der Waals surface area contributed by atoms with E-state index in [2.05, 4.69) is 20.2 Å². The molecule has 5 nitrogen and oxygen atoms in total. The number of nitrogens with one attached hydrogen (secondary N) is 1. The van der Waals surface area contributed by atoms with Crippen LogP contribution in [0.15, 0.2) is 30.6 Å². The molecular weight excluding hydrogens is 400 g/mol. The van der Waals surface area contributed by atoms with Crippen LogP contribution in [0.2, 0.25) is 5.02 Å². The molecule has 140 valence electrons. The second-order valence-electron chi connectivity index (χ2n) is 5.59. The normalized spacial score (nSPS) is 13.0. The van der Waals surface area contributed by atoms with E-state index >= 15 is 0 Å². The number of hydrogen-bond donors (Lipinski definition) is 1. The lowest BCUT2D eigenvalue weighted by Gasteiger charge is -2.12. The molecule has 0 fully saturated rings. The molecule has 1 N–H and O–H groups in total. The van der Waals surface area contributed by atoms with Crippen LogP contribution >= 0.6 is 11.6 Å². The molecule has 0 unspecified atom stereocenters. The van der Waals surface area contributed by atoms with Crippen LogP contribution in [-0.4, -0.2) is 24.7 Å². The number of alkyl halides is 6. The summed E-state index contributed by atoms with van der Waals surface area (Å²) in [6, 6.07) is 3.09. The van der Waals surface area contributed by atoms with Gasteiger partial charge < -0.3 is 0 Å². The average Bonchev–Trinajstić information content (AvgIpc) is 3.17. The van der Waals surface area contributed by atoms with Gasteiger partial charge in [-0.25, -0.2) is 9.97 Å². The van der Waals surface area contributed by atoms with Gasteiger partial charge in [-0.15, -0.1) is 0 Å². The van der Waals surface area contributed by atoms with Gasteiger partial charge in [-0.05, 0) is 18.2 Å². The third-order valence-electron chi connectivity index (χ3n) is 3.82. The van der Waals surface area contributed by atoms with Crippen molar-refractivity contribution in [3.05, 3.63) is 47.0 Å². The summed E-state index contributed by atoms with van der Waals surface area (Å²) in [6.07, 6.45) is -7.88. The number of halogens is 7. The number of hydrogen-bond acceptors (Lipinski definition) is 3. The van der Waals surface area contributed by atoms with Crippen molar-refractivity contribution in [2.24, 2.45) is 0 Å². The summed E-state index contributed by atoms with van der Waals surface area (Å²) >= 11 is 6.07. The summed E-state index contributed by atoms with van der Waals surface area (Å²) in [6.45, 7) is 0. The van der Waals surface area contributed by atoms with Gasteiger partial charge in [-0.1, -0.05) is 11.6 Å². The fourth-order valence-corrected chi connectivity index (χ4v) is 2.95. The van der Waals surface area contributed by atoms with Gasteiger partial charge in [0.25, 0.3) is 0 Å². The summed E-state index contributed by atoms with van der Waals surface area (Å²) < 4.78 is 79.6. The minimum absolute atomic E-state index is 0.0593. The number of fused-ring (bicyclic) bond motifs is 2. The Morgan fingerprint density at radius 2 is 1.70 bits per heavy atom. The minimum atomic E-state index is -4.93. The highest BCUT2D eigenvalue weighted by Crippen LogP contribution is 2.37. The molecule has 0 amide bonds. The van der Waals surface area contributed by atoms with E-state index in [1.807, 2.05) is 0 Å². The standard InChI is InChI=1S/C15H6ClF6N5/c16-9-3-8(1-6-4-24-26-11(6)9)27-12-10(25-13(27)15(20,21)22)2-7(5-23-12)14(17,18)19/h1-5H,(H,24,26). The lowest BCUT2D eigenvalue weighted by Crippen LogP contribution is -2.14. The van der Waals surface area contributed by atoms with Gasteiger partial charge >= 0.3 is 12.4 Å². The molecule has 3 aromatic heterocycles. The van der Waals surface area contributed by atoms with E-state index in [-0.39, 0.29) is 16.4 Å². The first-order valence-corrected chi connectivity index (χ1v) is 7.59. The Morgan fingerprint density at radius 3 is 2.37 bits per heavy atom. The Morgan fingerprint density at radius 1 is 0.963 bits per heavy atom. The Bertz CT molecular complexity index is 1170. The molecule has 0 radical (unpaired) electrons. The molecule has 1 aromatic carbocycles. The molecule has 0 aliphatic rings. The number of rotatable bonds is 1. The topological polar surface area (TPSA) is 59.4 Å². The molecule has 4 rings (SSSR count). The van der Waals surface area contributed by atoms with Crippen LogP contribution in [0.1, 0.15) is 11.4 Å². The maximum atomic E-state index is 13.5. The van der Waals surface area contributed by atoms with Gasteiger partial charge in [0.05, 0.1) is 28.0 Å². The van der Waals surface area contributed by atoms with Crippen molar-refractivity contribution in [2.75, 3.05) is 0 Å². The minimum Gasteiger partial charge on any atom is -0.276 e. The van der Waals surface area contributed by atoms with Crippen LogP contribution in [0.5, 0.6) is 0 Å². The first-order valence-electron chi connectivity index (χ1n) is 7.21. The van der Waals surface area contributed by atoms with Gasteiger partial charge in [0.15, 0.2) is 5.65 Å². The summed E-state index contributed by atoms with van der Waals surface area (Å²) in [5, 5.41) is 6.86. The molecule has 0 aliphatic heterocycles. The van der Waals surface area contributed by atoms with Crippen molar-refractivity contribution >= 4 is 33.7 Å². The summed E-state index contributed by atoms with van der Waals surface area (Å²) in [7, 11) is 0. The average molecular weight is 406 g/mol. The quantitative estimate of drug-likeness (QED) is 0.454. The fraction of sp³-hybridized carbons (Fsp3) is 0.133. The maximum Gasteiger partial charge on any atom is 0.450 e. The molecule has 0 spiro atoms. The molecule has 0 bridgehead atoms. The zero-order chi connectivity index (χ0) is 19.6. The van der Waals surface area contributed by atoms with Gasteiger partial charge in [0.2, 0.25) is 5.82 Å². The highest BCUT2D eigenvalue weighted by Gasteiger charge is 2.39. The van der Waals surface area contributed by atoms with E-state index in [1.165, 1.54) is 18.3 Å². The monoisotopic (exact) mass is 405 g/mol. The molecule has 27 heavy (non-hydrogen) atoms. The number of aromatic nitrogens is 5. The number of aromatic amines is 1. The first-order chi connectivity index (χ1) is 12.6.